The molecule has 0 atom stereocenters. The van der Waals surface area contributed by atoms with Crippen LogP contribution in [0.25, 0.3) is 0 Å². The molecule has 0 saturated carbocycles. The Labute approximate surface area is 184 Å². The molecule has 0 amide bonds. The monoisotopic (exact) mass is 428 g/mol. The molecule has 2 aromatic rings. The smallest absolute Gasteiger partial charge is 0.176 e. The summed E-state index contributed by atoms with van der Waals surface area (Å²) in [5.41, 5.74) is 0.889. The highest BCUT2D eigenvalue weighted by Gasteiger charge is 2.32. The van der Waals surface area contributed by atoms with Crippen molar-refractivity contribution < 1.29 is 19.0 Å². The van der Waals surface area contributed by atoms with Crippen molar-refractivity contribution in [2.24, 2.45) is 0 Å². The Morgan fingerprint density at radius 1 is 1.13 bits per heavy atom. The molecule has 0 aliphatic carbocycles. The number of rotatable bonds is 9. The number of anilines is 1. The summed E-state index contributed by atoms with van der Waals surface area (Å²) >= 11 is 0. The van der Waals surface area contributed by atoms with E-state index in [1.807, 2.05) is 45.2 Å². The lowest BCUT2D eigenvalue weighted by Crippen LogP contribution is -2.47. The first-order chi connectivity index (χ1) is 14.7. The Hall–Kier alpha value is -2.44. The Morgan fingerprint density at radius 2 is 1.74 bits per heavy atom. The lowest BCUT2D eigenvalue weighted by molar-refractivity contribution is -0.0244. The molecule has 2 aromatic carbocycles. The normalized spacial score (nSPS) is 16.3. The van der Waals surface area contributed by atoms with Gasteiger partial charge >= 0.3 is 0 Å². The summed E-state index contributed by atoms with van der Waals surface area (Å²) in [6, 6.07) is 13.7. The molecule has 0 aromatic heterocycles. The number of nitrogens with zero attached hydrogens (tertiary/aromatic N) is 2. The molecule has 1 fully saturated rings. The number of hydrogen-bond donors (Lipinski definition) is 1. The summed E-state index contributed by atoms with van der Waals surface area (Å²) in [4.78, 5) is 16.6. The first kappa shape index (κ1) is 23.2. The number of ether oxygens (including phenoxy) is 1. The van der Waals surface area contributed by atoms with Crippen LogP contribution in [0.3, 0.4) is 0 Å². The van der Waals surface area contributed by atoms with Crippen LogP contribution in [0.5, 0.6) is 5.75 Å². The van der Waals surface area contributed by atoms with E-state index in [4.69, 9.17) is 4.74 Å². The van der Waals surface area contributed by atoms with Gasteiger partial charge in [0, 0.05) is 37.9 Å². The average molecular weight is 429 g/mol. The van der Waals surface area contributed by atoms with Crippen molar-refractivity contribution in [3.63, 3.8) is 0 Å². The van der Waals surface area contributed by atoms with Crippen molar-refractivity contribution in [2.75, 3.05) is 38.1 Å². The molecular formula is C25H33FN2O3. The third kappa shape index (κ3) is 6.77. The van der Waals surface area contributed by atoms with Gasteiger partial charge in [-0.15, -0.1) is 0 Å². The summed E-state index contributed by atoms with van der Waals surface area (Å²) < 4.78 is 18.7. The third-order valence-electron chi connectivity index (χ3n) is 5.88. The summed E-state index contributed by atoms with van der Waals surface area (Å²) in [6.45, 7) is 6.40. The van der Waals surface area contributed by atoms with Crippen LogP contribution in [0.1, 0.15) is 43.5 Å². The highest BCUT2D eigenvalue weighted by molar-refractivity contribution is 5.97. The maximum absolute atomic E-state index is 13.0. The van der Waals surface area contributed by atoms with Crippen molar-refractivity contribution in [3.8, 4) is 5.75 Å². The van der Waals surface area contributed by atoms with Gasteiger partial charge in [0.15, 0.2) is 5.78 Å². The minimum Gasteiger partial charge on any atom is -0.491 e. The molecule has 1 heterocycles. The molecule has 5 nitrogen and oxygen atoms in total. The molecule has 1 aliphatic heterocycles. The van der Waals surface area contributed by atoms with Crippen molar-refractivity contribution in [1.29, 1.82) is 0 Å². The van der Waals surface area contributed by atoms with Gasteiger partial charge in [-0.25, -0.2) is 4.39 Å². The molecular weight excluding hydrogens is 395 g/mol. The maximum Gasteiger partial charge on any atom is 0.176 e. The second kappa shape index (κ2) is 10.2. The van der Waals surface area contributed by atoms with E-state index >= 15 is 0 Å². The zero-order valence-corrected chi connectivity index (χ0v) is 18.7. The predicted octanol–water partition coefficient (Wildman–Crippen LogP) is 4.15. The number of likely N-dealkylation sites (tertiary alicyclic amines) is 1. The van der Waals surface area contributed by atoms with Crippen LogP contribution >= 0.6 is 0 Å². The zero-order chi connectivity index (χ0) is 22.4. The summed E-state index contributed by atoms with van der Waals surface area (Å²) in [6.07, 6.45) is 2.10. The maximum atomic E-state index is 13.0. The highest BCUT2D eigenvalue weighted by Crippen LogP contribution is 2.27. The number of carbonyl (C=O) groups excluding carboxylic acids is 1. The summed E-state index contributed by atoms with van der Waals surface area (Å²) in [5, 5.41) is 11.0. The molecule has 0 spiro atoms. The SMILES string of the molecule is CC(C)Oc1ccc(N(C)CCC2(O)CCN(CC(=O)c3ccc(F)cc3)CC2)cc1. The Kier molecular flexibility index (Phi) is 7.68. The first-order valence-corrected chi connectivity index (χ1v) is 11.0. The molecule has 1 N–H and O–H groups in total. The minimum atomic E-state index is -0.718. The van der Waals surface area contributed by atoms with Crippen LogP contribution in [-0.2, 0) is 0 Å². The highest BCUT2D eigenvalue weighted by atomic mass is 19.1. The number of ketones is 1. The molecule has 0 bridgehead atoms. The van der Waals surface area contributed by atoms with Gasteiger partial charge in [0.2, 0.25) is 0 Å². The number of benzene rings is 2. The van der Waals surface area contributed by atoms with E-state index in [9.17, 15) is 14.3 Å². The Morgan fingerprint density at radius 3 is 2.32 bits per heavy atom. The number of carbonyl (C=O) groups is 1. The van der Waals surface area contributed by atoms with Gasteiger partial charge < -0.3 is 14.7 Å². The number of aliphatic hydroxyl groups is 1. The van der Waals surface area contributed by atoms with Crippen LogP contribution in [0.2, 0.25) is 0 Å². The fourth-order valence-electron chi connectivity index (χ4n) is 3.86. The molecule has 0 radical (unpaired) electrons. The van der Waals surface area contributed by atoms with Gasteiger partial charge in [0.1, 0.15) is 11.6 Å². The van der Waals surface area contributed by atoms with E-state index in [1.165, 1.54) is 24.3 Å². The largest absolute Gasteiger partial charge is 0.491 e. The van der Waals surface area contributed by atoms with E-state index in [0.717, 1.165) is 18.0 Å². The summed E-state index contributed by atoms with van der Waals surface area (Å²) in [7, 11) is 2.03. The lowest BCUT2D eigenvalue weighted by atomic mass is 9.88. The number of Topliss-reactive ketones (excluding diaryl/α,β-unsaturated/α-hetero) is 1. The van der Waals surface area contributed by atoms with Crippen LogP contribution in [0.15, 0.2) is 48.5 Å². The fraction of sp³-hybridized carbons (Fsp3) is 0.480. The van der Waals surface area contributed by atoms with E-state index in [1.54, 1.807) is 0 Å². The van der Waals surface area contributed by atoms with Gasteiger partial charge in [-0.05, 0) is 81.6 Å². The molecule has 31 heavy (non-hydrogen) atoms. The van der Waals surface area contributed by atoms with E-state index in [-0.39, 0.29) is 17.7 Å². The van der Waals surface area contributed by atoms with E-state index < -0.39 is 5.60 Å². The standard InChI is InChI=1S/C25H33FN2O3/c1-19(2)31-23-10-8-22(9-11-23)27(3)15-12-25(30)13-16-28(17-14-25)18-24(29)20-4-6-21(26)7-5-20/h4-11,19,30H,12-18H2,1-3H3. The van der Waals surface area contributed by atoms with Crippen molar-refractivity contribution in [2.45, 2.75) is 44.8 Å². The minimum absolute atomic E-state index is 0.0185. The molecule has 6 heteroatoms. The first-order valence-electron chi connectivity index (χ1n) is 11.0. The van der Waals surface area contributed by atoms with Gasteiger partial charge in [-0.1, -0.05) is 0 Å². The van der Waals surface area contributed by atoms with Gasteiger partial charge in [-0.3, -0.25) is 9.69 Å². The quantitative estimate of drug-likeness (QED) is 0.608. The average Bonchev–Trinajstić information content (AvgIpc) is 2.74. The molecule has 1 saturated heterocycles. The molecule has 0 unspecified atom stereocenters. The Balaban J connectivity index is 1.44. The van der Waals surface area contributed by atoms with E-state index in [0.29, 0.717) is 44.5 Å². The van der Waals surface area contributed by atoms with Gasteiger partial charge in [-0.2, -0.15) is 0 Å². The topological polar surface area (TPSA) is 53.0 Å². The van der Waals surface area contributed by atoms with Crippen LogP contribution in [0, 0.1) is 5.82 Å². The van der Waals surface area contributed by atoms with Crippen LogP contribution in [0.4, 0.5) is 10.1 Å². The lowest BCUT2D eigenvalue weighted by Gasteiger charge is -2.39. The van der Waals surface area contributed by atoms with Crippen molar-refractivity contribution >= 4 is 11.5 Å². The van der Waals surface area contributed by atoms with Gasteiger partial charge in [0.25, 0.3) is 0 Å². The van der Waals surface area contributed by atoms with Crippen molar-refractivity contribution in [1.82, 2.24) is 4.90 Å². The fourth-order valence-corrected chi connectivity index (χ4v) is 3.86. The van der Waals surface area contributed by atoms with Crippen LogP contribution < -0.4 is 9.64 Å². The molecule has 168 valence electrons. The van der Waals surface area contributed by atoms with E-state index in [2.05, 4.69) is 9.80 Å². The number of hydrogen-bond acceptors (Lipinski definition) is 5. The molecule has 3 rings (SSSR count). The van der Waals surface area contributed by atoms with Gasteiger partial charge in [0.05, 0.1) is 18.2 Å². The second-order valence-corrected chi connectivity index (χ2v) is 8.76. The van der Waals surface area contributed by atoms with Crippen molar-refractivity contribution in [3.05, 3.63) is 59.9 Å². The summed E-state index contributed by atoms with van der Waals surface area (Å²) in [5.74, 6) is 0.493. The number of halogens is 1. The van der Waals surface area contributed by atoms with Crippen LogP contribution in [-0.4, -0.2) is 60.7 Å². The molecule has 1 aliphatic rings. The predicted molar refractivity (Wildman–Crippen MR) is 121 cm³/mol. The second-order valence-electron chi connectivity index (χ2n) is 8.76. The number of piperidine rings is 1. The Bertz CT molecular complexity index is 844. The zero-order valence-electron chi connectivity index (χ0n) is 18.7. The third-order valence-corrected chi connectivity index (χ3v) is 5.88.